The molecule has 0 spiro atoms. The zero-order chi connectivity index (χ0) is 15.0. The molecule has 3 aromatic rings. The Kier molecular flexibility index (Phi) is 3.12. The second-order valence-corrected chi connectivity index (χ2v) is 4.81. The van der Waals surface area contributed by atoms with Crippen molar-refractivity contribution in [2.75, 3.05) is 5.73 Å². The van der Waals surface area contributed by atoms with Crippen molar-refractivity contribution in [2.24, 2.45) is 5.73 Å². The molecule has 0 saturated heterocycles. The Morgan fingerprint density at radius 3 is 2.43 bits per heavy atom. The summed E-state index contributed by atoms with van der Waals surface area (Å²) in [5, 5.41) is 10.6. The van der Waals surface area contributed by atoms with Crippen LogP contribution in [0.3, 0.4) is 0 Å². The van der Waals surface area contributed by atoms with Crippen LogP contribution in [0.5, 0.6) is 0 Å². The summed E-state index contributed by atoms with van der Waals surface area (Å²) in [5.41, 5.74) is 13.7. The Labute approximate surface area is 121 Å². The minimum atomic E-state index is -0.936. The number of carbonyl (C=O) groups excluding carboxylic acids is 1. The third-order valence-corrected chi connectivity index (χ3v) is 3.54. The van der Waals surface area contributed by atoms with Crippen molar-refractivity contribution in [3.8, 4) is 0 Å². The summed E-state index contributed by atoms with van der Waals surface area (Å²) < 4.78 is 1.70. The zero-order valence-corrected chi connectivity index (χ0v) is 11.2. The van der Waals surface area contributed by atoms with Crippen molar-refractivity contribution in [1.29, 1.82) is 0 Å². The van der Waals surface area contributed by atoms with Gasteiger partial charge in [-0.1, -0.05) is 36.4 Å². The van der Waals surface area contributed by atoms with E-state index in [0.29, 0.717) is 16.8 Å². The zero-order valence-electron chi connectivity index (χ0n) is 11.2. The van der Waals surface area contributed by atoms with Crippen molar-refractivity contribution >= 4 is 17.1 Å². The molecule has 5 heteroatoms. The second kappa shape index (κ2) is 4.96. The first-order valence-corrected chi connectivity index (χ1v) is 6.52. The van der Waals surface area contributed by atoms with Crippen LogP contribution in [0.15, 0.2) is 54.7 Å². The number of fused-ring (bicyclic) bond motifs is 1. The SMILES string of the molecule is NC(=O)c1c(N)c(C(O)c2ccccc2)n2ccccc12. The fourth-order valence-electron chi connectivity index (χ4n) is 2.58. The molecule has 2 heterocycles. The number of anilines is 1. The van der Waals surface area contributed by atoms with Crippen molar-refractivity contribution < 1.29 is 9.90 Å². The number of nitrogens with zero attached hydrogens (tertiary/aromatic N) is 1. The van der Waals surface area contributed by atoms with E-state index in [1.807, 2.05) is 18.2 Å². The average molecular weight is 281 g/mol. The molecule has 0 aliphatic carbocycles. The van der Waals surface area contributed by atoms with Crippen LogP contribution in [0, 0.1) is 0 Å². The number of benzene rings is 1. The molecule has 0 aliphatic heterocycles. The maximum atomic E-state index is 11.7. The number of rotatable bonds is 3. The maximum absolute atomic E-state index is 11.7. The highest BCUT2D eigenvalue weighted by Gasteiger charge is 2.24. The van der Waals surface area contributed by atoms with Crippen LogP contribution < -0.4 is 11.5 Å². The van der Waals surface area contributed by atoms with Crippen LogP contribution in [0.4, 0.5) is 5.69 Å². The Morgan fingerprint density at radius 1 is 1.10 bits per heavy atom. The molecule has 3 rings (SSSR count). The van der Waals surface area contributed by atoms with E-state index in [9.17, 15) is 9.90 Å². The molecule has 1 amide bonds. The van der Waals surface area contributed by atoms with E-state index >= 15 is 0 Å². The number of amides is 1. The molecule has 21 heavy (non-hydrogen) atoms. The summed E-state index contributed by atoms with van der Waals surface area (Å²) in [6.07, 6.45) is 0.814. The van der Waals surface area contributed by atoms with Crippen molar-refractivity contribution in [3.63, 3.8) is 0 Å². The van der Waals surface area contributed by atoms with E-state index in [2.05, 4.69) is 0 Å². The number of hydrogen-bond acceptors (Lipinski definition) is 3. The smallest absolute Gasteiger partial charge is 0.253 e. The molecule has 5 nitrogen and oxygen atoms in total. The van der Waals surface area contributed by atoms with Crippen molar-refractivity contribution in [2.45, 2.75) is 6.10 Å². The molecule has 0 radical (unpaired) electrons. The largest absolute Gasteiger partial charge is 0.396 e. The quantitative estimate of drug-likeness (QED) is 0.682. The third kappa shape index (κ3) is 2.04. The molecule has 1 aromatic carbocycles. The van der Waals surface area contributed by atoms with E-state index in [0.717, 1.165) is 0 Å². The standard InChI is InChI=1S/C16H15N3O2/c17-13-12(16(18)21)11-8-4-5-9-19(11)14(13)15(20)10-6-2-1-3-7-10/h1-9,15,20H,17H2,(H2,18,21). The first-order chi connectivity index (χ1) is 10.1. The number of aliphatic hydroxyl groups is 1. The van der Waals surface area contributed by atoms with Gasteiger partial charge in [-0.25, -0.2) is 0 Å². The van der Waals surface area contributed by atoms with Gasteiger partial charge < -0.3 is 21.0 Å². The number of carbonyl (C=O) groups is 1. The lowest BCUT2D eigenvalue weighted by molar-refractivity contribution is 0.100. The van der Waals surface area contributed by atoms with Crippen LogP contribution in [-0.4, -0.2) is 15.4 Å². The number of aromatic nitrogens is 1. The van der Waals surface area contributed by atoms with Crippen LogP contribution in [0.1, 0.15) is 27.7 Å². The summed E-state index contributed by atoms with van der Waals surface area (Å²) in [5.74, 6) is -0.609. The molecule has 106 valence electrons. The minimum absolute atomic E-state index is 0.213. The summed E-state index contributed by atoms with van der Waals surface area (Å²) in [4.78, 5) is 11.7. The van der Waals surface area contributed by atoms with Crippen LogP contribution in [0.25, 0.3) is 5.52 Å². The molecule has 2 aromatic heterocycles. The molecule has 5 N–H and O–H groups in total. The predicted molar refractivity (Wildman–Crippen MR) is 80.8 cm³/mol. The van der Waals surface area contributed by atoms with E-state index < -0.39 is 12.0 Å². The van der Waals surface area contributed by atoms with Gasteiger partial charge in [0.25, 0.3) is 5.91 Å². The van der Waals surface area contributed by atoms with E-state index in [1.54, 1.807) is 40.9 Å². The molecular weight excluding hydrogens is 266 g/mol. The van der Waals surface area contributed by atoms with Gasteiger partial charge in [0.2, 0.25) is 0 Å². The minimum Gasteiger partial charge on any atom is -0.396 e. The van der Waals surface area contributed by atoms with E-state index in [-0.39, 0.29) is 11.3 Å². The third-order valence-electron chi connectivity index (χ3n) is 3.54. The molecule has 1 unspecified atom stereocenters. The van der Waals surface area contributed by atoms with Crippen molar-refractivity contribution in [1.82, 2.24) is 4.40 Å². The van der Waals surface area contributed by atoms with Gasteiger partial charge in [0.15, 0.2) is 0 Å². The number of aliphatic hydroxyl groups excluding tert-OH is 1. The van der Waals surface area contributed by atoms with Gasteiger partial charge in [0, 0.05) is 6.20 Å². The normalized spacial score (nSPS) is 12.4. The topological polar surface area (TPSA) is 93.8 Å². The number of hydrogen-bond donors (Lipinski definition) is 3. The van der Waals surface area contributed by atoms with Gasteiger partial charge in [-0.05, 0) is 17.7 Å². The summed E-state index contributed by atoms with van der Waals surface area (Å²) in [7, 11) is 0. The summed E-state index contributed by atoms with van der Waals surface area (Å²) in [6.45, 7) is 0. The predicted octanol–water partition coefficient (Wildman–Crippen LogP) is 1.70. The molecule has 1 atom stereocenters. The highest BCUT2D eigenvalue weighted by atomic mass is 16.3. The number of nitrogens with two attached hydrogens (primary N) is 2. The number of primary amides is 1. The summed E-state index contributed by atoms with van der Waals surface area (Å²) >= 11 is 0. The van der Waals surface area contributed by atoms with Crippen molar-refractivity contribution in [3.05, 3.63) is 71.5 Å². The van der Waals surface area contributed by atoms with Gasteiger partial charge in [0.05, 0.1) is 22.5 Å². The first kappa shape index (κ1) is 13.2. The van der Waals surface area contributed by atoms with Crippen LogP contribution in [0.2, 0.25) is 0 Å². The lowest BCUT2D eigenvalue weighted by atomic mass is 10.0. The Balaban J connectivity index is 2.28. The molecule has 0 aliphatic rings. The second-order valence-electron chi connectivity index (χ2n) is 4.81. The monoisotopic (exact) mass is 281 g/mol. The Hall–Kier alpha value is -2.79. The summed E-state index contributed by atoms with van der Waals surface area (Å²) in [6, 6.07) is 14.5. The van der Waals surface area contributed by atoms with E-state index in [4.69, 9.17) is 11.5 Å². The molecule has 0 saturated carbocycles. The molecular formula is C16H15N3O2. The van der Waals surface area contributed by atoms with Crippen LogP contribution >= 0.6 is 0 Å². The van der Waals surface area contributed by atoms with Gasteiger partial charge in [-0.15, -0.1) is 0 Å². The lowest BCUT2D eigenvalue weighted by Crippen LogP contribution is -2.13. The maximum Gasteiger partial charge on any atom is 0.253 e. The first-order valence-electron chi connectivity index (χ1n) is 6.52. The van der Waals surface area contributed by atoms with Crippen LogP contribution in [-0.2, 0) is 0 Å². The molecule has 0 fully saturated rings. The fourth-order valence-corrected chi connectivity index (χ4v) is 2.58. The highest BCUT2D eigenvalue weighted by molar-refractivity contribution is 6.06. The lowest BCUT2D eigenvalue weighted by Gasteiger charge is -2.12. The van der Waals surface area contributed by atoms with Gasteiger partial charge in [-0.2, -0.15) is 0 Å². The number of nitrogen functional groups attached to an aromatic ring is 1. The van der Waals surface area contributed by atoms with Gasteiger partial charge in [0.1, 0.15) is 6.10 Å². The van der Waals surface area contributed by atoms with E-state index in [1.165, 1.54) is 0 Å². The fraction of sp³-hybridized carbons (Fsp3) is 0.0625. The number of pyridine rings is 1. The van der Waals surface area contributed by atoms with Gasteiger partial charge in [-0.3, -0.25) is 4.79 Å². The average Bonchev–Trinajstić information content (AvgIpc) is 2.79. The Bertz CT molecular complexity index is 809. The van der Waals surface area contributed by atoms with Gasteiger partial charge >= 0.3 is 0 Å². The molecule has 0 bridgehead atoms. The highest BCUT2D eigenvalue weighted by Crippen LogP contribution is 2.33. The Morgan fingerprint density at radius 2 is 1.76 bits per heavy atom.